The highest BCUT2D eigenvalue weighted by Gasteiger charge is 2.12. The molecule has 0 aliphatic heterocycles. The number of hydrogen-bond acceptors (Lipinski definition) is 5. The summed E-state index contributed by atoms with van der Waals surface area (Å²) in [6.07, 6.45) is 0.907. The summed E-state index contributed by atoms with van der Waals surface area (Å²) in [6.45, 7) is 3.78. The van der Waals surface area contributed by atoms with Crippen molar-refractivity contribution in [1.82, 2.24) is 10.3 Å². The number of nitrogens with one attached hydrogen (secondary N) is 1. The minimum Gasteiger partial charge on any atom is -0.444 e. The molecule has 5 nitrogen and oxygen atoms in total. The number of aliphatic hydroxyl groups excluding tert-OH is 2. The number of hydrogen-bond donors (Lipinski definition) is 3. The summed E-state index contributed by atoms with van der Waals surface area (Å²) < 4.78 is 5.29. The van der Waals surface area contributed by atoms with E-state index < -0.39 is 6.10 Å². The predicted octanol–water partition coefficient (Wildman–Crippen LogP) is -0.0132. The summed E-state index contributed by atoms with van der Waals surface area (Å²) >= 11 is 0. The smallest absolute Gasteiger partial charge is 0.211 e. The molecule has 0 aliphatic rings. The van der Waals surface area contributed by atoms with Crippen molar-refractivity contribution in [2.45, 2.75) is 26.0 Å². The van der Waals surface area contributed by atoms with Crippen LogP contribution in [0.15, 0.2) is 10.6 Å². The van der Waals surface area contributed by atoms with Crippen LogP contribution in [-0.2, 0) is 0 Å². The minimum atomic E-state index is -0.742. The Kier molecular flexibility index (Phi) is 4.06. The van der Waals surface area contributed by atoms with E-state index in [1.54, 1.807) is 6.20 Å². The van der Waals surface area contributed by atoms with Gasteiger partial charge in [-0.15, -0.1) is 0 Å². The average molecular weight is 200 g/mol. The summed E-state index contributed by atoms with van der Waals surface area (Å²) in [4.78, 5) is 4.05. The third-order valence-electron chi connectivity index (χ3n) is 1.88. The largest absolute Gasteiger partial charge is 0.444 e. The Morgan fingerprint density at radius 1 is 1.64 bits per heavy atom. The Hall–Kier alpha value is -0.910. The molecule has 1 heterocycles. The average Bonchev–Trinajstić information content (AvgIpc) is 2.60. The first-order chi connectivity index (χ1) is 6.63. The molecule has 3 N–H and O–H groups in total. The van der Waals surface area contributed by atoms with Gasteiger partial charge in [-0.25, -0.2) is 4.98 Å². The van der Waals surface area contributed by atoms with Crippen molar-refractivity contribution in [1.29, 1.82) is 0 Å². The lowest BCUT2D eigenvalue weighted by molar-refractivity contribution is 0.0915. The molecule has 0 amide bonds. The molecule has 0 radical (unpaired) electrons. The highest BCUT2D eigenvalue weighted by Crippen LogP contribution is 2.11. The fraction of sp³-hybridized carbons (Fsp3) is 0.667. The van der Waals surface area contributed by atoms with Crippen LogP contribution in [0.25, 0.3) is 0 Å². The van der Waals surface area contributed by atoms with Crippen molar-refractivity contribution in [3.05, 3.63) is 17.8 Å². The molecular formula is C9H16N2O3. The number of rotatable bonds is 5. The molecular weight excluding hydrogens is 184 g/mol. The molecule has 0 spiro atoms. The Labute approximate surface area is 82.8 Å². The first-order valence-corrected chi connectivity index (χ1v) is 4.58. The van der Waals surface area contributed by atoms with E-state index in [2.05, 4.69) is 10.3 Å². The highest BCUT2D eigenvalue weighted by atomic mass is 16.4. The summed E-state index contributed by atoms with van der Waals surface area (Å²) in [7, 11) is 0. The Morgan fingerprint density at radius 2 is 2.36 bits per heavy atom. The summed E-state index contributed by atoms with van der Waals surface area (Å²) in [5.41, 5.74) is 0. The molecule has 0 saturated heterocycles. The van der Waals surface area contributed by atoms with Crippen LogP contribution in [0.1, 0.15) is 24.6 Å². The maximum absolute atomic E-state index is 9.10. The van der Waals surface area contributed by atoms with Crippen LogP contribution in [0.2, 0.25) is 0 Å². The van der Waals surface area contributed by atoms with Crippen LogP contribution >= 0.6 is 0 Å². The van der Waals surface area contributed by atoms with Crippen LogP contribution in [0.4, 0.5) is 0 Å². The Bertz CT molecular complexity index is 275. The van der Waals surface area contributed by atoms with Crippen molar-refractivity contribution >= 4 is 0 Å². The van der Waals surface area contributed by atoms with Gasteiger partial charge in [0.15, 0.2) is 0 Å². The number of nitrogens with zero attached hydrogens (tertiary/aromatic N) is 1. The molecule has 5 heteroatoms. The molecule has 80 valence electrons. The molecule has 0 bridgehead atoms. The molecule has 0 aromatic carbocycles. The number of aliphatic hydroxyl groups is 2. The van der Waals surface area contributed by atoms with Gasteiger partial charge < -0.3 is 19.9 Å². The molecule has 1 rings (SSSR count). The van der Waals surface area contributed by atoms with Crippen molar-refractivity contribution in [2.24, 2.45) is 0 Å². The molecule has 0 aliphatic carbocycles. The SMILES string of the molecule is Cc1cnc(C(C)NC[C@H](O)CO)o1. The second-order valence-electron chi connectivity index (χ2n) is 3.28. The normalized spacial score (nSPS) is 15.4. The van der Waals surface area contributed by atoms with Crippen LogP contribution in [0, 0.1) is 6.92 Å². The zero-order valence-electron chi connectivity index (χ0n) is 8.40. The highest BCUT2D eigenvalue weighted by molar-refractivity contribution is 4.94. The van der Waals surface area contributed by atoms with E-state index in [0.29, 0.717) is 12.4 Å². The molecule has 1 unspecified atom stereocenters. The number of aryl methyl sites for hydroxylation is 1. The van der Waals surface area contributed by atoms with Crippen LogP contribution in [0.5, 0.6) is 0 Å². The van der Waals surface area contributed by atoms with E-state index in [-0.39, 0.29) is 12.6 Å². The second kappa shape index (κ2) is 5.09. The topological polar surface area (TPSA) is 78.5 Å². The van der Waals surface area contributed by atoms with Crippen molar-refractivity contribution in [3.63, 3.8) is 0 Å². The lowest BCUT2D eigenvalue weighted by Crippen LogP contribution is -2.31. The minimum absolute atomic E-state index is 0.0649. The van der Waals surface area contributed by atoms with E-state index in [4.69, 9.17) is 14.6 Å². The van der Waals surface area contributed by atoms with Crippen molar-refractivity contribution in [2.75, 3.05) is 13.2 Å². The summed E-state index contributed by atoms with van der Waals surface area (Å²) in [5.74, 6) is 1.35. The fourth-order valence-corrected chi connectivity index (χ4v) is 1.04. The van der Waals surface area contributed by atoms with Gasteiger partial charge in [-0.2, -0.15) is 0 Å². The zero-order chi connectivity index (χ0) is 10.6. The number of aromatic nitrogens is 1. The molecule has 0 fully saturated rings. The molecule has 1 aromatic rings. The van der Waals surface area contributed by atoms with Crippen LogP contribution < -0.4 is 5.32 Å². The second-order valence-corrected chi connectivity index (χ2v) is 3.28. The first-order valence-electron chi connectivity index (χ1n) is 4.58. The van der Waals surface area contributed by atoms with Gasteiger partial charge in [0.25, 0.3) is 0 Å². The summed E-state index contributed by atoms with van der Waals surface area (Å²) in [6, 6.07) is -0.0649. The first kappa shape index (κ1) is 11.2. The zero-order valence-corrected chi connectivity index (χ0v) is 8.40. The molecule has 1 aromatic heterocycles. The number of oxazole rings is 1. The van der Waals surface area contributed by atoms with Gasteiger partial charge in [0.2, 0.25) is 5.89 Å². The monoisotopic (exact) mass is 200 g/mol. The maximum Gasteiger partial charge on any atom is 0.211 e. The lowest BCUT2D eigenvalue weighted by Gasteiger charge is -2.12. The third kappa shape index (κ3) is 3.10. The molecule has 14 heavy (non-hydrogen) atoms. The van der Waals surface area contributed by atoms with Gasteiger partial charge in [-0.05, 0) is 13.8 Å². The van der Waals surface area contributed by atoms with Gasteiger partial charge in [-0.1, -0.05) is 0 Å². The quantitative estimate of drug-likeness (QED) is 0.623. The van der Waals surface area contributed by atoms with Gasteiger partial charge in [-0.3, -0.25) is 0 Å². The third-order valence-corrected chi connectivity index (χ3v) is 1.88. The summed E-state index contributed by atoms with van der Waals surface area (Å²) in [5, 5.41) is 20.7. The van der Waals surface area contributed by atoms with Crippen molar-refractivity contribution < 1.29 is 14.6 Å². The van der Waals surface area contributed by atoms with Crippen molar-refractivity contribution in [3.8, 4) is 0 Å². The molecule has 0 saturated carbocycles. The van der Waals surface area contributed by atoms with Gasteiger partial charge >= 0.3 is 0 Å². The molecule has 2 atom stereocenters. The van der Waals surface area contributed by atoms with E-state index in [9.17, 15) is 0 Å². The lowest BCUT2D eigenvalue weighted by atomic mass is 10.3. The van der Waals surface area contributed by atoms with E-state index in [1.807, 2.05) is 13.8 Å². The predicted molar refractivity (Wildman–Crippen MR) is 50.8 cm³/mol. The van der Waals surface area contributed by atoms with Gasteiger partial charge in [0.05, 0.1) is 24.9 Å². The van der Waals surface area contributed by atoms with E-state index in [0.717, 1.165) is 5.76 Å². The fourth-order valence-electron chi connectivity index (χ4n) is 1.04. The van der Waals surface area contributed by atoms with E-state index >= 15 is 0 Å². The Balaban J connectivity index is 2.39. The van der Waals surface area contributed by atoms with Crippen LogP contribution in [-0.4, -0.2) is 34.5 Å². The maximum atomic E-state index is 9.10. The van der Waals surface area contributed by atoms with Gasteiger partial charge in [0.1, 0.15) is 5.76 Å². The van der Waals surface area contributed by atoms with E-state index in [1.165, 1.54) is 0 Å². The van der Waals surface area contributed by atoms with Gasteiger partial charge in [0, 0.05) is 6.54 Å². The standard InChI is InChI=1S/C9H16N2O3/c1-6-3-11-9(14-6)7(2)10-4-8(13)5-12/h3,7-8,10,12-13H,4-5H2,1-2H3/t7?,8-/m0/s1. The Morgan fingerprint density at radius 3 is 2.86 bits per heavy atom. The van der Waals surface area contributed by atoms with Crippen LogP contribution in [0.3, 0.4) is 0 Å².